The van der Waals surface area contributed by atoms with Gasteiger partial charge in [0.15, 0.2) is 0 Å². The van der Waals surface area contributed by atoms with Gasteiger partial charge >= 0.3 is 5.97 Å². The van der Waals surface area contributed by atoms with E-state index in [1.165, 1.54) is 12.1 Å². The number of esters is 1. The van der Waals surface area contributed by atoms with Crippen molar-refractivity contribution < 1.29 is 14.5 Å². The topological polar surface area (TPSA) is 81.8 Å². The van der Waals surface area contributed by atoms with Crippen LogP contribution in [0.2, 0.25) is 0 Å². The molecular weight excluding hydrogens is 308 g/mol. The molecule has 0 heterocycles. The highest BCUT2D eigenvalue weighted by Gasteiger charge is 2.23. The minimum absolute atomic E-state index is 0.0170. The number of hydrogen-bond acceptors (Lipinski definition) is 5. The van der Waals surface area contributed by atoms with Gasteiger partial charge in [0.05, 0.1) is 16.0 Å². The predicted molar refractivity (Wildman–Crippen MR) is 91.9 cm³/mol. The molecule has 0 aliphatic rings. The highest BCUT2D eigenvalue weighted by molar-refractivity contribution is 5.83. The van der Waals surface area contributed by atoms with Crippen LogP contribution in [0.3, 0.4) is 0 Å². The lowest BCUT2D eigenvalue weighted by Gasteiger charge is -2.16. The highest BCUT2D eigenvalue weighted by Crippen LogP contribution is 2.22. The number of hydrogen-bond donors (Lipinski definition) is 0. The van der Waals surface area contributed by atoms with Gasteiger partial charge < -0.3 is 4.74 Å². The Morgan fingerprint density at radius 3 is 2.42 bits per heavy atom. The number of aliphatic imine (C=N–C) groups is 1. The zero-order valence-electron chi connectivity index (χ0n) is 13.7. The smallest absolute Gasteiger partial charge is 0.316 e. The Hall–Kier alpha value is -3.02. The van der Waals surface area contributed by atoms with E-state index in [-0.39, 0.29) is 11.7 Å². The minimum Gasteiger partial charge on any atom is -0.426 e. The monoisotopic (exact) mass is 326 g/mol. The van der Waals surface area contributed by atoms with E-state index >= 15 is 0 Å². The lowest BCUT2D eigenvalue weighted by atomic mass is 9.97. The fourth-order valence-corrected chi connectivity index (χ4v) is 1.73. The zero-order valence-corrected chi connectivity index (χ0v) is 13.7. The standard InChI is InChI=1S/C18H18N2O4/c1-18(2,3)17(21)24-16-9-7-14(8-10-16)19-12-13-5-4-6-15(11-13)20(22)23/h4-12H,1-3H3. The molecule has 0 amide bonds. The van der Waals surface area contributed by atoms with Crippen LogP contribution in [0, 0.1) is 15.5 Å². The summed E-state index contributed by atoms with van der Waals surface area (Å²) in [5.74, 6) is 0.138. The second-order valence-electron chi connectivity index (χ2n) is 6.24. The quantitative estimate of drug-likeness (QED) is 0.276. The first-order chi connectivity index (χ1) is 11.3. The molecule has 124 valence electrons. The Balaban J connectivity index is 2.07. The molecule has 0 radical (unpaired) electrons. The number of benzene rings is 2. The number of nitro groups is 1. The number of non-ortho nitro benzene ring substituents is 1. The zero-order chi connectivity index (χ0) is 17.7. The van der Waals surface area contributed by atoms with Gasteiger partial charge in [-0.25, -0.2) is 0 Å². The first kappa shape index (κ1) is 17.3. The maximum atomic E-state index is 11.8. The van der Waals surface area contributed by atoms with Gasteiger partial charge in [-0.2, -0.15) is 0 Å². The Bertz CT molecular complexity index is 774. The van der Waals surface area contributed by atoms with Gasteiger partial charge in [0.25, 0.3) is 5.69 Å². The average Bonchev–Trinajstić information content (AvgIpc) is 2.53. The fraction of sp³-hybridized carbons (Fsp3) is 0.222. The molecule has 24 heavy (non-hydrogen) atoms. The summed E-state index contributed by atoms with van der Waals surface area (Å²) in [6, 6.07) is 12.9. The SMILES string of the molecule is CC(C)(C)C(=O)Oc1ccc(N=Cc2cccc([N+](=O)[O-])c2)cc1. The van der Waals surface area contributed by atoms with Crippen LogP contribution in [0.4, 0.5) is 11.4 Å². The highest BCUT2D eigenvalue weighted by atomic mass is 16.6. The second-order valence-corrected chi connectivity index (χ2v) is 6.24. The Morgan fingerprint density at radius 1 is 1.17 bits per heavy atom. The lowest BCUT2D eigenvalue weighted by Crippen LogP contribution is -2.25. The summed E-state index contributed by atoms with van der Waals surface area (Å²) in [5, 5.41) is 10.7. The van der Waals surface area contributed by atoms with Crippen LogP contribution in [-0.2, 0) is 4.79 Å². The summed E-state index contributed by atoms with van der Waals surface area (Å²) >= 11 is 0. The van der Waals surface area contributed by atoms with Crippen LogP contribution in [0.5, 0.6) is 5.75 Å². The molecule has 0 fully saturated rings. The van der Waals surface area contributed by atoms with E-state index < -0.39 is 10.3 Å². The van der Waals surface area contributed by atoms with E-state index in [0.717, 1.165) is 0 Å². The van der Waals surface area contributed by atoms with Crippen molar-refractivity contribution >= 4 is 23.6 Å². The number of rotatable bonds is 4. The molecular formula is C18H18N2O4. The maximum Gasteiger partial charge on any atom is 0.316 e. The van der Waals surface area contributed by atoms with Crippen molar-refractivity contribution in [2.24, 2.45) is 10.4 Å². The van der Waals surface area contributed by atoms with Gasteiger partial charge in [-0.15, -0.1) is 0 Å². The van der Waals surface area contributed by atoms with E-state index in [4.69, 9.17) is 4.74 Å². The van der Waals surface area contributed by atoms with Crippen LogP contribution in [0.25, 0.3) is 0 Å². The number of carbonyl (C=O) groups excluding carboxylic acids is 1. The molecule has 2 aromatic rings. The van der Waals surface area contributed by atoms with Crippen molar-refractivity contribution in [2.75, 3.05) is 0 Å². The Labute approximate surface area is 140 Å². The summed E-state index contributed by atoms with van der Waals surface area (Å²) in [7, 11) is 0. The summed E-state index contributed by atoms with van der Waals surface area (Å²) < 4.78 is 5.27. The average molecular weight is 326 g/mol. The van der Waals surface area contributed by atoms with E-state index in [1.54, 1.807) is 63.4 Å². The van der Waals surface area contributed by atoms with Crippen LogP contribution in [0.15, 0.2) is 53.5 Å². The number of ether oxygens (including phenoxy) is 1. The van der Waals surface area contributed by atoms with Crippen molar-refractivity contribution in [1.29, 1.82) is 0 Å². The van der Waals surface area contributed by atoms with E-state index in [9.17, 15) is 14.9 Å². The lowest BCUT2D eigenvalue weighted by molar-refractivity contribution is -0.384. The molecule has 0 unspecified atom stereocenters. The molecule has 0 aliphatic carbocycles. The normalized spacial score (nSPS) is 11.5. The maximum absolute atomic E-state index is 11.8. The van der Waals surface area contributed by atoms with Gasteiger partial charge in [-0.3, -0.25) is 19.9 Å². The van der Waals surface area contributed by atoms with Gasteiger partial charge in [0.2, 0.25) is 0 Å². The molecule has 0 bridgehead atoms. The molecule has 2 aromatic carbocycles. The Morgan fingerprint density at radius 2 is 1.83 bits per heavy atom. The van der Waals surface area contributed by atoms with Crippen molar-refractivity contribution in [3.63, 3.8) is 0 Å². The van der Waals surface area contributed by atoms with Crippen molar-refractivity contribution in [3.05, 3.63) is 64.2 Å². The number of nitro benzene ring substituents is 1. The number of nitrogens with zero attached hydrogens (tertiary/aromatic N) is 2. The molecule has 0 atom stereocenters. The first-order valence-corrected chi connectivity index (χ1v) is 7.36. The molecule has 2 rings (SSSR count). The third-order valence-corrected chi connectivity index (χ3v) is 3.10. The van der Waals surface area contributed by atoms with E-state index in [1.807, 2.05) is 0 Å². The summed E-state index contributed by atoms with van der Waals surface area (Å²) in [6.45, 7) is 5.35. The van der Waals surface area contributed by atoms with Crippen LogP contribution in [-0.4, -0.2) is 17.1 Å². The molecule has 6 nitrogen and oxygen atoms in total. The van der Waals surface area contributed by atoms with Crippen LogP contribution in [0.1, 0.15) is 26.3 Å². The van der Waals surface area contributed by atoms with E-state index in [0.29, 0.717) is 17.0 Å². The second kappa shape index (κ2) is 7.04. The molecule has 0 N–H and O–H groups in total. The third-order valence-electron chi connectivity index (χ3n) is 3.10. The third kappa shape index (κ3) is 4.74. The van der Waals surface area contributed by atoms with Crippen LogP contribution >= 0.6 is 0 Å². The van der Waals surface area contributed by atoms with Gasteiger partial charge in [-0.05, 0) is 50.6 Å². The van der Waals surface area contributed by atoms with Crippen molar-refractivity contribution in [1.82, 2.24) is 0 Å². The predicted octanol–water partition coefficient (Wildman–Crippen LogP) is 4.30. The molecule has 0 saturated heterocycles. The molecule has 6 heteroatoms. The largest absolute Gasteiger partial charge is 0.426 e. The van der Waals surface area contributed by atoms with E-state index in [2.05, 4.69) is 4.99 Å². The van der Waals surface area contributed by atoms with Gasteiger partial charge in [0, 0.05) is 18.3 Å². The summed E-state index contributed by atoms with van der Waals surface area (Å²) in [5.41, 5.74) is 0.728. The molecule has 0 saturated carbocycles. The van der Waals surface area contributed by atoms with Crippen molar-refractivity contribution in [3.8, 4) is 5.75 Å². The Kier molecular flexibility index (Phi) is 5.08. The van der Waals surface area contributed by atoms with Crippen LogP contribution < -0.4 is 4.74 Å². The summed E-state index contributed by atoms with van der Waals surface area (Å²) in [4.78, 5) is 26.4. The van der Waals surface area contributed by atoms with Gasteiger partial charge in [-0.1, -0.05) is 12.1 Å². The molecule has 0 aliphatic heterocycles. The molecule has 0 spiro atoms. The summed E-state index contributed by atoms with van der Waals surface area (Å²) in [6.07, 6.45) is 1.54. The van der Waals surface area contributed by atoms with Crippen molar-refractivity contribution in [2.45, 2.75) is 20.8 Å². The van der Waals surface area contributed by atoms with Gasteiger partial charge in [0.1, 0.15) is 5.75 Å². The number of carbonyl (C=O) groups is 1. The minimum atomic E-state index is -0.571. The molecule has 0 aromatic heterocycles. The first-order valence-electron chi connectivity index (χ1n) is 7.36. The fourth-order valence-electron chi connectivity index (χ4n) is 1.73.